The zero-order valence-electron chi connectivity index (χ0n) is 21.5. The summed E-state index contributed by atoms with van der Waals surface area (Å²) in [6.07, 6.45) is 3.32. The molecule has 5 rings (SSSR count). The summed E-state index contributed by atoms with van der Waals surface area (Å²) in [5.74, 6) is 0.980. The number of amides is 2. The van der Waals surface area contributed by atoms with Crippen LogP contribution in [0.5, 0.6) is 0 Å². The van der Waals surface area contributed by atoms with Gasteiger partial charge in [-0.15, -0.1) is 0 Å². The topological polar surface area (TPSA) is 160 Å². The lowest BCUT2D eigenvalue weighted by molar-refractivity contribution is 0.0985. The van der Waals surface area contributed by atoms with Crippen LogP contribution in [0.15, 0.2) is 36.7 Å². The Morgan fingerprint density at radius 3 is 2.67 bits per heavy atom. The number of rotatable bonds is 9. The monoisotopic (exact) mass is 573 g/mol. The van der Waals surface area contributed by atoms with Crippen LogP contribution >= 0.6 is 11.5 Å². The highest BCUT2D eigenvalue weighted by molar-refractivity contribution is 7.92. The van der Waals surface area contributed by atoms with Crippen molar-refractivity contribution in [3.63, 3.8) is 0 Å². The summed E-state index contributed by atoms with van der Waals surface area (Å²) in [6, 6.07) is 8.49. The van der Waals surface area contributed by atoms with Crippen molar-refractivity contribution in [3.8, 4) is 11.4 Å². The van der Waals surface area contributed by atoms with Crippen molar-refractivity contribution in [2.45, 2.75) is 43.4 Å². The summed E-state index contributed by atoms with van der Waals surface area (Å²) in [5.41, 5.74) is 1.74. The Bertz CT molecular complexity index is 1400. The highest BCUT2D eigenvalue weighted by Gasteiger charge is 2.51. The minimum Gasteiger partial charge on any atom is -0.396 e. The predicted molar refractivity (Wildman–Crippen MR) is 149 cm³/mol. The molecule has 3 aromatic rings. The zero-order chi connectivity index (χ0) is 27.5. The average molecular weight is 574 g/mol. The Morgan fingerprint density at radius 2 is 2.03 bits per heavy atom. The fourth-order valence-electron chi connectivity index (χ4n) is 4.88. The van der Waals surface area contributed by atoms with Gasteiger partial charge in [0.05, 0.1) is 30.7 Å². The normalized spacial score (nSPS) is 18.8. The summed E-state index contributed by atoms with van der Waals surface area (Å²) in [7, 11) is -3.56. The van der Waals surface area contributed by atoms with Gasteiger partial charge in [0.25, 0.3) is 0 Å². The maximum Gasteiger partial charge on any atom is 0.325 e. The van der Waals surface area contributed by atoms with Crippen LogP contribution in [0.3, 0.4) is 0 Å². The van der Waals surface area contributed by atoms with E-state index >= 15 is 0 Å². The molecule has 1 saturated heterocycles. The number of hydrogen-bond donors (Lipinski definition) is 3. The minimum atomic E-state index is -3.56. The fourth-order valence-corrected chi connectivity index (χ4v) is 7.54. The number of aliphatic hydroxyl groups is 1. The number of benzene rings is 1. The standard InChI is InChI=1S/C25H31N7O5S2/c1-17-15-37-12-10-32(17)21-14-20(25(8-2-9-25)39(35,36)13-3-11-33)29-22(30-21)18-4-6-19(7-5-18)28-23(34)31-24-26-16-27-38-24/h4-7,14,16-17,33H,2-3,8-13,15H2,1H3,(H2,26,27,28,31,34)/t17-/m0/s1. The number of ether oxygens (including phenoxy) is 1. The molecule has 1 aliphatic heterocycles. The number of morpholine rings is 1. The maximum atomic E-state index is 13.5. The molecule has 1 atom stereocenters. The number of carbonyl (C=O) groups excluding carboxylic acids is 1. The molecule has 208 valence electrons. The molecule has 1 aromatic carbocycles. The van der Waals surface area contributed by atoms with Gasteiger partial charge >= 0.3 is 6.03 Å². The number of nitrogens with one attached hydrogen (secondary N) is 2. The number of hydrogen-bond acceptors (Lipinski definition) is 11. The Labute approximate surface area is 230 Å². The number of urea groups is 1. The molecule has 0 spiro atoms. The summed E-state index contributed by atoms with van der Waals surface area (Å²) in [6.45, 7) is 3.60. The first kappa shape index (κ1) is 27.4. The summed E-state index contributed by atoms with van der Waals surface area (Å²) < 4.78 is 35.4. The van der Waals surface area contributed by atoms with Crippen molar-refractivity contribution in [3.05, 3.63) is 42.4 Å². The molecule has 1 saturated carbocycles. The molecular weight excluding hydrogens is 542 g/mol. The first-order valence-electron chi connectivity index (χ1n) is 12.8. The molecule has 1 aliphatic carbocycles. The van der Waals surface area contributed by atoms with Gasteiger partial charge in [-0.25, -0.2) is 28.2 Å². The van der Waals surface area contributed by atoms with Gasteiger partial charge in [0.15, 0.2) is 15.7 Å². The lowest BCUT2D eigenvalue weighted by Gasteiger charge is -2.41. The molecule has 2 aromatic heterocycles. The van der Waals surface area contributed by atoms with Crippen molar-refractivity contribution in [2.24, 2.45) is 0 Å². The molecule has 2 aliphatic rings. The number of aromatic nitrogens is 4. The van der Waals surface area contributed by atoms with E-state index in [0.29, 0.717) is 66.3 Å². The molecule has 2 amide bonds. The number of aliphatic hydroxyl groups excluding tert-OH is 1. The average Bonchev–Trinajstić information content (AvgIpc) is 3.40. The zero-order valence-corrected chi connectivity index (χ0v) is 23.2. The van der Waals surface area contributed by atoms with Crippen LogP contribution in [-0.2, 0) is 19.3 Å². The molecule has 0 bridgehead atoms. The van der Waals surface area contributed by atoms with Gasteiger partial charge in [-0.2, -0.15) is 4.37 Å². The second kappa shape index (κ2) is 11.5. The van der Waals surface area contributed by atoms with E-state index in [2.05, 4.69) is 24.9 Å². The number of carbonyl (C=O) groups is 1. The van der Waals surface area contributed by atoms with Gasteiger partial charge in [0, 0.05) is 42.0 Å². The second-order valence-corrected chi connectivity index (χ2v) is 12.9. The lowest BCUT2D eigenvalue weighted by atomic mass is 9.81. The third kappa shape index (κ3) is 5.73. The largest absolute Gasteiger partial charge is 0.396 e. The highest BCUT2D eigenvalue weighted by Crippen LogP contribution is 2.49. The van der Waals surface area contributed by atoms with E-state index < -0.39 is 20.6 Å². The van der Waals surface area contributed by atoms with Gasteiger partial charge in [0.1, 0.15) is 16.9 Å². The minimum absolute atomic E-state index is 0.0656. The Kier molecular flexibility index (Phi) is 8.07. The van der Waals surface area contributed by atoms with Gasteiger partial charge in [-0.3, -0.25) is 5.32 Å². The molecule has 3 N–H and O–H groups in total. The van der Waals surface area contributed by atoms with Crippen molar-refractivity contribution in [1.29, 1.82) is 0 Å². The molecule has 12 nitrogen and oxygen atoms in total. The highest BCUT2D eigenvalue weighted by atomic mass is 32.2. The maximum absolute atomic E-state index is 13.5. The second-order valence-electron chi connectivity index (χ2n) is 9.70. The van der Waals surface area contributed by atoms with E-state index in [0.717, 1.165) is 18.0 Å². The van der Waals surface area contributed by atoms with Crippen LogP contribution in [0.25, 0.3) is 11.4 Å². The van der Waals surface area contributed by atoms with Gasteiger partial charge in [0.2, 0.25) is 5.13 Å². The first-order chi connectivity index (χ1) is 18.8. The van der Waals surface area contributed by atoms with E-state index in [-0.39, 0.29) is 24.8 Å². The Balaban J connectivity index is 1.48. The van der Waals surface area contributed by atoms with Crippen molar-refractivity contribution in [1.82, 2.24) is 19.3 Å². The predicted octanol–water partition coefficient (Wildman–Crippen LogP) is 3.04. The van der Waals surface area contributed by atoms with Crippen molar-refractivity contribution < 1.29 is 23.1 Å². The van der Waals surface area contributed by atoms with E-state index in [4.69, 9.17) is 14.7 Å². The van der Waals surface area contributed by atoms with Gasteiger partial charge in [-0.1, -0.05) is 0 Å². The summed E-state index contributed by atoms with van der Waals surface area (Å²) >= 11 is 1.07. The first-order valence-corrected chi connectivity index (χ1v) is 15.3. The van der Waals surface area contributed by atoms with Crippen LogP contribution < -0.4 is 15.5 Å². The molecule has 2 fully saturated rings. The Morgan fingerprint density at radius 1 is 1.23 bits per heavy atom. The van der Waals surface area contributed by atoms with Crippen LogP contribution in [0.2, 0.25) is 0 Å². The van der Waals surface area contributed by atoms with E-state index in [1.807, 2.05) is 13.0 Å². The lowest BCUT2D eigenvalue weighted by Crippen LogP contribution is -2.46. The van der Waals surface area contributed by atoms with Crippen molar-refractivity contribution in [2.75, 3.05) is 47.7 Å². The van der Waals surface area contributed by atoms with Crippen LogP contribution in [0.1, 0.15) is 38.3 Å². The summed E-state index contributed by atoms with van der Waals surface area (Å²) in [5, 5.41) is 15.0. The molecule has 0 unspecified atom stereocenters. The molecule has 39 heavy (non-hydrogen) atoms. The van der Waals surface area contributed by atoms with Crippen LogP contribution in [0, 0.1) is 0 Å². The van der Waals surface area contributed by atoms with Crippen LogP contribution in [-0.4, -0.2) is 77.0 Å². The van der Waals surface area contributed by atoms with E-state index in [9.17, 15) is 18.3 Å². The molecule has 14 heteroatoms. The van der Waals surface area contributed by atoms with E-state index in [1.54, 1.807) is 24.3 Å². The number of nitrogens with zero attached hydrogens (tertiary/aromatic N) is 5. The third-order valence-electron chi connectivity index (χ3n) is 7.15. The van der Waals surface area contributed by atoms with Crippen LogP contribution in [0.4, 0.5) is 21.4 Å². The SMILES string of the molecule is C[C@H]1COCCN1c1cc(C2(S(=O)(=O)CCCO)CCC2)nc(-c2ccc(NC(=O)Nc3ncns3)cc2)n1. The third-order valence-corrected chi connectivity index (χ3v) is 10.4. The Hall–Kier alpha value is -3.20. The van der Waals surface area contributed by atoms with Gasteiger partial charge < -0.3 is 20.1 Å². The molecule has 0 radical (unpaired) electrons. The molecular formula is C25H31N7O5S2. The number of anilines is 3. The smallest absolute Gasteiger partial charge is 0.325 e. The van der Waals surface area contributed by atoms with E-state index in [1.165, 1.54) is 6.33 Å². The fraction of sp³-hybridized carbons (Fsp3) is 0.480. The van der Waals surface area contributed by atoms with Gasteiger partial charge in [-0.05, 0) is 56.9 Å². The summed E-state index contributed by atoms with van der Waals surface area (Å²) in [4.78, 5) is 28.0. The number of sulfone groups is 1. The van der Waals surface area contributed by atoms with Crippen molar-refractivity contribution >= 4 is 44.0 Å². The quantitative estimate of drug-likeness (QED) is 0.347. The molecule has 3 heterocycles.